The predicted molar refractivity (Wildman–Crippen MR) is 92.6 cm³/mol. The molecule has 0 aliphatic carbocycles. The van der Waals surface area contributed by atoms with Gasteiger partial charge in [-0.1, -0.05) is 30.3 Å². The predicted octanol–water partition coefficient (Wildman–Crippen LogP) is 1.68. The van der Waals surface area contributed by atoms with Gasteiger partial charge >= 0.3 is 0 Å². The van der Waals surface area contributed by atoms with Crippen LogP contribution in [0, 0.1) is 11.8 Å². The van der Waals surface area contributed by atoms with Crippen LogP contribution in [-0.2, 0) is 20.9 Å². The lowest BCUT2D eigenvalue weighted by molar-refractivity contribution is -0.141. The van der Waals surface area contributed by atoms with Gasteiger partial charge in [0.1, 0.15) is 0 Å². The zero-order valence-electron chi connectivity index (χ0n) is 14.4. The summed E-state index contributed by atoms with van der Waals surface area (Å²) in [6.07, 6.45) is 2.08. The van der Waals surface area contributed by atoms with Crippen molar-refractivity contribution in [3.63, 3.8) is 0 Å². The number of carbonyl (C=O) groups excluding carboxylic acids is 1. The van der Waals surface area contributed by atoms with Crippen molar-refractivity contribution >= 4 is 5.91 Å². The molecule has 2 aliphatic rings. The Kier molecular flexibility index (Phi) is 6.24. The summed E-state index contributed by atoms with van der Waals surface area (Å²) in [7, 11) is 1.73. The average molecular weight is 332 g/mol. The first-order chi connectivity index (χ1) is 11.8. The third kappa shape index (κ3) is 4.35. The first-order valence-corrected chi connectivity index (χ1v) is 8.95. The standard InChI is InChI=1S/C19H28N2O3/c1-20-19(22)16-8-11-24-18-7-9-21(13-17(16)18)10-12-23-14-15-5-3-2-4-6-15/h2-6,16-18H,7-14H2,1H3,(H,20,22)/t16-,17+,18-/m0/s1. The largest absolute Gasteiger partial charge is 0.378 e. The topological polar surface area (TPSA) is 50.8 Å². The van der Waals surface area contributed by atoms with E-state index in [9.17, 15) is 4.79 Å². The van der Waals surface area contributed by atoms with Crippen LogP contribution in [0.2, 0.25) is 0 Å². The van der Waals surface area contributed by atoms with Crippen molar-refractivity contribution in [2.45, 2.75) is 25.6 Å². The summed E-state index contributed by atoms with van der Waals surface area (Å²) in [6, 6.07) is 10.2. The number of nitrogens with zero attached hydrogens (tertiary/aromatic N) is 1. The molecule has 2 aliphatic heterocycles. The number of amides is 1. The lowest BCUT2D eigenvalue weighted by atomic mass is 9.79. The molecular weight excluding hydrogens is 304 g/mol. The second-order valence-electron chi connectivity index (χ2n) is 6.71. The van der Waals surface area contributed by atoms with E-state index >= 15 is 0 Å². The van der Waals surface area contributed by atoms with Crippen LogP contribution < -0.4 is 5.32 Å². The molecule has 3 rings (SSSR count). The second kappa shape index (κ2) is 8.60. The summed E-state index contributed by atoms with van der Waals surface area (Å²) in [4.78, 5) is 14.5. The van der Waals surface area contributed by atoms with Gasteiger partial charge in [0.25, 0.3) is 0 Å². The zero-order valence-corrected chi connectivity index (χ0v) is 14.4. The minimum Gasteiger partial charge on any atom is -0.378 e. The molecule has 0 aromatic heterocycles. The maximum Gasteiger partial charge on any atom is 0.223 e. The van der Waals surface area contributed by atoms with Gasteiger partial charge in [-0.15, -0.1) is 0 Å². The Morgan fingerprint density at radius 3 is 2.96 bits per heavy atom. The van der Waals surface area contributed by atoms with E-state index in [1.807, 2.05) is 18.2 Å². The fourth-order valence-electron chi connectivity index (χ4n) is 3.86. The molecule has 0 bridgehead atoms. The summed E-state index contributed by atoms with van der Waals surface area (Å²) in [5.74, 6) is 0.554. The number of likely N-dealkylation sites (tertiary alicyclic amines) is 1. The molecule has 0 unspecified atom stereocenters. The number of carbonyl (C=O) groups is 1. The van der Waals surface area contributed by atoms with Crippen LogP contribution in [0.4, 0.5) is 0 Å². The minimum absolute atomic E-state index is 0.0850. The zero-order chi connectivity index (χ0) is 16.8. The van der Waals surface area contributed by atoms with Gasteiger partial charge in [-0.25, -0.2) is 0 Å². The van der Waals surface area contributed by atoms with Gasteiger partial charge < -0.3 is 19.7 Å². The quantitative estimate of drug-likeness (QED) is 0.805. The molecule has 0 radical (unpaired) electrons. The Labute approximate surface area is 144 Å². The molecule has 3 atom stereocenters. The molecule has 2 saturated heterocycles. The first-order valence-electron chi connectivity index (χ1n) is 8.95. The molecule has 5 heteroatoms. The number of nitrogens with one attached hydrogen (secondary N) is 1. The highest BCUT2D eigenvalue weighted by atomic mass is 16.5. The molecule has 1 amide bonds. The van der Waals surface area contributed by atoms with Gasteiger partial charge in [0.2, 0.25) is 5.91 Å². The van der Waals surface area contributed by atoms with Crippen molar-refractivity contribution in [2.24, 2.45) is 11.8 Å². The van der Waals surface area contributed by atoms with E-state index < -0.39 is 0 Å². The van der Waals surface area contributed by atoms with Gasteiger partial charge in [-0.2, -0.15) is 0 Å². The number of benzene rings is 1. The van der Waals surface area contributed by atoms with Crippen molar-refractivity contribution in [3.05, 3.63) is 35.9 Å². The highest BCUT2D eigenvalue weighted by molar-refractivity contribution is 5.78. The number of hydrogen-bond donors (Lipinski definition) is 1. The maximum atomic E-state index is 12.1. The number of piperidine rings is 1. The van der Waals surface area contributed by atoms with Crippen LogP contribution in [0.25, 0.3) is 0 Å². The molecule has 5 nitrogen and oxygen atoms in total. The second-order valence-corrected chi connectivity index (χ2v) is 6.71. The number of fused-ring (bicyclic) bond motifs is 1. The van der Waals surface area contributed by atoms with Crippen LogP contribution in [0.3, 0.4) is 0 Å². The molecule has 132 valence electrons. The third-order valence-corrected chi connectivity index (χ3v) is 5.20. The lowest BCUT2D eigenvalue weighted by Gasteiger charge is -2.44. The van der Waals surface area contributed by atoms with Crippen LogP contribution in [0.15, 0.2) is 30.3 Å². The monoisotopic (exact) mass is 332 g/mol. The van der Waals surface area contributed by atoms with Crippen molar-refractivity contribution in [1.29, 1.82) is 0 Å². The Balaban J connectivity index is 1.45. The molecule has 1 aromatic carbocycles. The third-order valence-electron chi connectivity index (χ3n) is 5.20. The average Bonchev–Trinajstić information content (AvgIpc) is 2.65. The van der Waals surface area contributed by atoms with E-state index in [-0.39, 0.29) is 17.9 Å². The molecule has 2 fully saturated rings. The van der Waals surface area contributed by atoms with Gasteiger partial charge in [0.15, 0.2) is 0 Å². The van der Waals surface area contributed by atoms with E-state index in [0.29, 0.717) is 19.1 Å². The SMILES string of the molecule is CNC(=O)[C@H]1CCO[C@H]2CCN(CCOCc3ccccc3)C[C@@H]21. The Hall–Kier alpha value is -1.43. The molecule has 0 spiro atoms. The smallest absolute Gasteiger partial charge is 0.223 e. The van der Waals surface area contributed by atoms with E-state index in [1.165, 1.54) is 5.56 Å². The van der Waals surface area contributed by atoms with Crippen LogP contribution >= 0.6 is 0 Å². The minimum atomic E-state index is 0.0850. The van der Waals surface area contributed by atoms with E-state index in [2.05, 4.69) is 22.3 Å². The van der Waals surface area contributed by atoms with Gasteiger partial charge in [0, 0.05) is 45.1 Å². The summed E-state index contributed by atoms with van der Waals surface area (Å²) in [5, 5.41) is 2.82. The number of rotatable bonds is 6. The van der Waals surface area contributed by atoms with Crippen molar-refractivity contribution in [3.8, 4) is 0 Å². The van der Waals surface area contributed by atoms with Crippen molar-refractivity contribution in [2.75, 3.05) is 39.9 Å². The van der Waals surface area contributed by atoms with E-state index in [1.54, 1.807) is 7.05 Å². The Morgan fingerprint density at radius 2 is 2.17 bits per heavy atom. The molecular formula is C19H28N2O3. The Morgan fingerprint density at radius 1 is 1.33 bits per heavy atom. The Bertz CT molecular complexity index is 523. The van der Waals surface area contributed by atoms with Crippen LogP contribution in [0.5, 0.6) is 0 Å². The highest BCUT2D eigenvalue weighted by Gasteiger charge is 2.41. The van der Waals surface area contributed by atoms with E-state index in [0.717, 1.165) is 39.1 Å². The summed E-state index contributed by atoms with van der Waals surface area (Å²) in [5.41, 5.74) is 1.21. The lowest BCUT2D eigenvalue weighted by Crippen LogP contribution is -2.53. The maximum absolute atomic E-state index is 12.1. The first kappa shape index (κ1) is 17.4. The highest BCUT2D eigenvalue weighted by Crippen LogP contribution is 2.33. The molecule has 1 aromatic rings. The summed E-state index contributed by atoms with van der Waals surface area (Å²) in [6.45, 7) is 4.95. The van der Waals surface area contributed by atoms with Crippen LogP contribution in [-0.4, -0.2) is 56.8 Å². The number of ether oxygens (including phenoxy) is 2. The fourth-order valence-corrected chi connectivity index (χ4v) is 3.86. The van der Waals surface area contributed by atoms with Crippen LogP contribution in [0.1, 0.15) is 18.4 Å². The van der Waals surface area contributed by atoms with Gasteiger partial charge in [0.05, 0.1) is 19.3 Å². The number of hydrogen-bond acceptors (Lipinski definition) is 4. The van der Waals surface area contributed by atoms with Gasteiger partial charge in [-0.3, -0.25) is 4.79 Å². The fraction of sp³-hybridized carbons (Fsp3) is 0.632. The molecule has 24 heavy (non-hydrogen) atoms. The summed E-state index contributed by atoms with van der Waals surface area (Å²) < 4.78 is 11.7. The van der Waals surface area contributed by atoms with Crippen molar-refractivity contribution in [1.82, 2.24) is 10.2 Å². The van der Waals surface area contributed by atoms with E-state index in [4.69, 9.17) is 9.47 Å². The van der Waals surface area contributed by atoms with Gasteiger partial charge in [-0.05, 0) is 18.4 Å². The molecule has 0 saturated carbocycles. The normalized spacial score (nSPS) is 27.5. The van der Waals surface area contributed by atoms with Crippen molar-refractivity contribution < 1.29 is 14.3 Å². The summed E-state index contributed by atoms with van der Waals surface area (Å²) >= 11 is 0. The molecule has 1 N–H and O–H groups in total. The molecule has 2 heterocycles.